The van der Waals surface area contributed by atoms with Gasteiger partial charge in [0.25, 0.3) is 0 Å². The second-order valence-electron chi connectivity index (χ2n) is 4.26. The lowest BCUT2D eigenvalue weighted by atomic mass is 9.80. The van der Waals surface area contributed by atoms with E-state index in [9.17, 15) is 0 Å². The van der Waals surface area contributed by atoms with Crippen LogP contribution in [-0.2, 0) is 9.47 Å². The largest absolute Gasteiger partial charge is 0.376 e. The van der Waals surface area contributed by atoms with Gasteiger partial charge in [0, 0.05) is 11.9 Å². The molecule has 0 saturated carbocycles. The molecule has 0 aromatic carbocycles. The van der Waals surface area contributed by atoms with Crippen molar-refractivity contribution in [2.45, 2.75) is 38.5 Å². The number of hydrogen-bond acceptors (Lipinski definition) is 2. The van der Waals surface area contributed by atoms with Crippen molar-refractivity contribution >= 4 is 7.85 Å². The Bertz CT molecular complexity index is 195. The van der Waals surface area contributed by atoms with Crippen LogP contribution in [0.3, 0.4) is 0 Å². The maximum atomic E-state index is 5.79. The summed E-state index contributed by atoms with van der Waals surface area (Å²) in [5.74, 6) is 0.915. The maximum absolute atomic E-state index is 5.79. The van der Waals surface area contributed by atoms with Crippen LogP contribution in [0, 0.1) is 11.8 Å². The molecule has 2 rings (SSSR count). The smallest absolute Gasteiger partial charge is 0.112 e. The summed E-state index contributed by atoms with van der Waals surface area (Å²) < 4.78 is 11.4. The van der Waals surface area contributed by atoms with Gasteiger partial charge in [-0.3, -0.25) is 0 Å². The van der Waals surface area contributed by atoms with Crippen molar-refractivity contribution < 1.29 is 9.47 Å². The molecule has 2 aliphatic heterocycles. The minimum Gasteiger partial charge on any atom is -0.376 e. The summed E-state index contributed by atoms with van der Waals surface area (Å²) in [7, 11) is 5.79. The van der Waals surface area contributed by atoms with Crippen LogP contribution >= 0.6 is 0 Å². The third-order valence-corrected chi connectivity index (χ3v) is 3.42. The topological polar surface area (TPSA) is 18.5 Å². The lowest BCUT2D eigenvalue weighted by Crippen LogP contribution is -2.43. The highest BCUT2D eigenvalue weighted by Gasteiger charge is 2.58. The van der Waals surface area contributed by atoms with Crippen LogP contribution in [0.4, 0.5) is 0 Å². The van der Waals surface area contributed by atoms with Gasteiger partial charge in [-0.05, 0) is 5.92 Å². The average Bonchev–Trinajstić information content (AvgIpc) is 2.42. The standard InChI is InChI=1S/C9H15BO2/c1-5(2)9-4-11-7(6(9)3)8(10)12-9/h5-8H,4H2,1-3H3/t6-,7?,8-,9-/m1/s1. The molecule has 0 aliphatic carbocycles. The van der Waals surface area contributed by atoms with Crippen molar-refractivity contribution in [2.75, 3.05) is 6.61 Å². The zero-order chi connectivity index (χ0) is 8.93. The predicted octanol–water partition coefficient (Wildman–Crippen LogP) is 0.941. The van der Waals surface area contributed by atoms with Crippen molar-refractivity contribution in [2.24, 2.45) is 11.8 Å². The fourth-order valence-electron chi connectivity index (χ4n) is 2.45. The highest BCUT2D eigenvalue weighted by atomic mass is 16.6. The second-order valence-corrected chi connectivity index (χ2v) is 4.26. The third kappa shape index (κ3) is 0.840. The number of ether oxygens (including phenoxy) is 2. The predicted molar refractivity (Wildman–Crippen MR) is 47.1 cm³/mol. The summed E-state index contributed by atoms with van der Waals surface area (Å²) in [6.45, 7) is 7.22. The van der Waals surface area contributed by atoms with Crippen molar-refractivity contribution in [3.05, 3.63) is 0 Å². The van der Waals surface area contributed by atoms with E-state index in [1.807, 2.05) is 0 Å². The molecule has 2 fully saturated rings. The molecule has 1 unspecified atom stereocenters. The summed E-state index contributed by atoms with van der Waals surface area (Å²) in [4.78, 5) is 0. The van der Waals surface area contributed by atoms with E-state index in [4.69, 9.17) is 17.3 Å². The van der Waals surface area contributed by atoms with Crippen LogP contribution < -0.4 is 0 Å². The van der Waals surface area contributed by atoms with Crippen molar-refractivity contribution in [3.63, 3.8) is 0 Å². The Balaban J connectivity index is 2.27. The lowest BCUT2D eigenvalue weighted by molar-refractivity contribution is -0.134. The number of hydrogen-bond donors (Lipinski definition) is 0. The van der Waals surface area contributed by atoms with Gasteiger partial charge in [-0.25, -0.2) is 0 Å². The first-order valence-corrected chi connectivity index (χ1v) is 4.63. The summed E-state index contributed by atoms with van der Waals surface area (Å²) in [5.41, 5.74) is -0.107. The molecule has 2 aliphatic rings. The highest BCUT2D eigenvalue weighted by molar-refractivity contribution is 6.11. The molecule has 0 aromatic heterocycles. The SMILES string of the molecule is [B][C@@H]1O[C@@]2(C(C)C)COC1[C@H]2C. The Morgan fingerprint density at radius 2 is 2.17 bits per heavy atom. The third-order valence-electron chi connectivity index (χ3n) is 3.42. The van der Waals surface area contributed by atoms with Crippen LogP contribution in [0.2, 0.25) is 0 Å². The fraction of sp³-hybridized carbons (Fsp3) is 1.00. The van der Waals surface area contributed by atoms with Crippen LogP contribution in [0.5, 0.6) is 0 Å². The van der Waals surface area contributed by atoms with Crippen molar-refractivity contribution in [3.8, 4) is 0 Å². The normalized spacial score (nSPS) is 52.2. The van der Waals surface area contributed by atoms with Gasteiger partial charge in [-0.15, -0.1) is 0 Å². The zero-order valence-electron chi connectivity index (χ0n) is 7.91. The van der Waals surface area contributed by atoms with Crippen molar-refractivity contribution in [1.82, 2.24) is 0 Å². The zero-order valence-corrected chi connectivity index (χ0v) is 7.91. The molecular formula is C9H15BO2. The summed E-state index contributed by atoms with van der Waals surface area (Å²) >= 11 is 0. The van der Waals surface area contributed by atoms with Gasteiger partial charge in [-0.1, -0.05) is 20.8 Å². The summed E-state index contributed by atoms with van der Waals surface area (Å²) in [6, 6.07) is -0.212. The number of rotatable bonds is 1. The van der Waals surface area contributed by atoms with Crippen LogP contribution in [0.15, 0.2) is 0 Å². The van der Waals surface area contributed by atoms with Gasteiger partial charge >= 0.3 is 0 Å². The molecule has 2 nitrogen and oxygen atoms in total. The van der Waals surface area contributed by atoms with E-state index in [0.29, 0.717) is 18.4 Å². The monoisotopic (exact) mass is 166 g/mol. The molecular weight excluding hydrogens is 151 g/mol. The summed E-state index contributed by atoms with van der Waals surface area (Å²) in [6.07, 6.45) is 0.118. The summed E-state index contributed by atoms with van der Waals surface area (Å²) in [5, 5.41) is 0. The first-order chi connectivity index (χ1) is 5.58. The molecule has 2 heterocycles. The van der Waals surface area contributed by atoms with Gasteiger partial charge < -0.3 is 9.47 Å². The molecule has 12 heavy (non-hydrogen) atoms. The molecule has 4 atom stereocenters. The van der Waals surface area contributed by atoms with E-state index in [2.05, 4.69) is 20.8 Å². The van der Waals surface area contributed by atoms with Crippen LogP contribution in [0.1, 0.15) is 20.8 Å². The number of fused-ring (bicyclic) bond motifs is 2. The Labute approximate surface area is 75.0 Å². The molecule has 2 saturated heterocycles. The van der Waals surface area contributed by atoms with Gasteiger partial charge in [-0.2, -0.15) is 0 Å². The Kier molecular flexibility index (Phi) is 1.78. The van der Waals surface area contributed by atoms with E-state index in [0.717, 1.165) is 0 Å². The Morgan fingerprint density at radius 1 is 1.50 bits per heavy atom. The van der Waals surface area contributed by atoms with E-state index in [1.54, 1.807) is 0 Å². The minimum atomic E-state index is -0.212. The highest BCUT2D eigenvalue weighted by Crippen LogP contribution is 2.47. The van der Waals surface area contributed by atoms with Gasteiger partial charge in [0.15, 0.2) is 0 Å². The minimum absolute atomic E-state index is 0.107. The fourth-order valence-corrected chi connectivity index (χ4v) is 2.45. The molecule has 2 bridgehead atoms. The van der Waals surface area contributed by atoms with E-state index in [-0.39, 0.29) is 17.7 Å². The van der Waals surface area contributed by atoms with Crippen LogP contribution in [-0.4, -0.2) is 32.2 Å². The Hall–Kier alpha value is -0.0151. The van der Waals surface area contributed by atoms with E-state index >= 15 is 0 Å². The first-order valence-electron chi connectivity index (χ1n) is 4.63. The maximum Gasteiger partial charge on any atom is 0.112 e. The van der Waals surface area contributed by atoms with Crippen molar-refractivity contribution in [1.29, 1.82) is 0 Å². The van der Waals surface area contributed by atoms with Gasteiger partial charge in [0.05, 0.1) is 18.3 Å². The molecule has 3 heteroatoms. The molecule has 0 amide bonds. The van der Waals surface area contributed by atoms with E-state index < -0.39 is 0 Å². The quantitative estimate of drug-likeness (QED) is 0.539. The van der Waals surface area contributed by atoms with Crippen LogP contribution in [0.25, 0.3) is 0 Å². The lowest BCUT2D eigenvalue weighted by Gasteiger charge is -2.34. The molecule has 0 N–H and O–H groups in total. The molecule has 0 spiro atoms. The molecule has 2 radical (unpaired) electrons. The first kappa shape index (κ1) is 8.58. The van der Waals surface area contributed by atoms with Gasteiger partial charge in [0.1, 0.15) is 7.85 Å². The molecule has 66 valence electrons. The second kappa shape index (κ2) is 2.49. The average molecular weight is 166 g/mol. The van der Waals surface area contributed by atoms with Gasteiger partial charge in [0.2, 0.25) is 0 Å². The van der Waals surface area contributed by atoms with E-state index in [1.165, 1.54) is 0 Å². The Morgan fingerprint density at radius 3 is 2.42 bits per heavy atom. The molecule has 0 aromatic rings.